The summed E-state index contributed by atoms with van der Waals surface area (Å²) >= 11 is 0. The summed E-state index contributed by atoms with van der Waals surface area (Å²) in [6, 6.07) is 3.42. The summed E-state index contributed by atoms with van der Waals surface area (Å²) in [5.74, 6) is 2.33. The molecule has 0 spiro atoms. The zero-order valence-electron chi connectivity index (χ0n) is 12.9. The van der Waals surface area contributed by atoms with Gasteiger partial charge >= 0.3 is 5.69 Å². The van der Waals surface area contributed by atoms with Crippen molar-refractivity contribution in [1.29, 1.82) is 0 Å². The molecule has 1 aromatic rings. The summed E-state index contributed by atoms with van der Waals surface area (Å²) in [7, 11) is 0. The Balaban J connectivity index is 2.19. The van der Waals surface area contributed by atoms with E-state index < -0.39 is 0 Å². The van der Waals surface area contributed by atoms with E-state index in [0.717, 1.165) is 19.4 Å². The van der Waals surface area contributed by atoms with Crippen LogP contribution in [0.25, 0.3) is 0 Å². The number of nitro groups is 1. The molecule has 0 radical (unpaired) electrons. The molecule has 0 saturated heterocycles. The molecular formula is C15H24N4O2. The third-order valence-electron chi connectivity index (χ3n) is 3.95. The fraction of sp³-hybridized carbons (Fsp3) is 0.667. The van der Waals surface area contributed by atoms with Gasteiger partial charge in [-0.3, -0.25) is 10.1 Å². The van der Waals surface area contributed by atoms with E-state index in [0.29, 0.717) is 23.5 Å². The van der Waals surface area contributed by atoms with Crippen LogP contribution in [0, 0.1) is 22.0 Å². The van der Waals surface area contributed by atoms with Crippen LogP contribution in [0.2, 0.25) is 0 Å². The number of pyridine rings is 1. The first-order valence-electron chi connectivity index (χ1n) is 7.65. The van der Waals surface area contributed by atoms with E-state index in [1.54, 1.807) is 6.07 Å². The highest BCUT2D eigenvalue weighted by molar-refractivity contribution is 5.60. The van der Waals surface area contributed by atoms with Crippen LogP contribution in [0.1, 0.15) is 40.0 Å². The number of rotatable bonds is 5. The van der Waals surface area contributed by atoms with Crippen molar-refractivity contribution in [3.05, 3.63) is 22.2 Å². The topological polar surface area (TPSA) is 80.1 Å². The number of anilines is 2. The van der Waals surface area contributed by atoms with Crippen LogP contribution < -0.4 is 10.6 Å². The Hall–Kier alpha value is -1.85. The molecule has 2 unspecified atom stereocenters. The zero-order chi connectivity index (χ0) is 15.4. The summed E-state index contributed by atoms with van der Waals surface area (Å²) in [6.07, 6.45) is 3.30. The Bertz CT molecular complexity index is 496. The van der Waals surface area contributed by atoms with Gasteiger partial charge in [0.1, 0.15) is 5.82 Å². The molecule has 1 aromatic heterocycles. The molecule has 1 fully saturated rings. The highest BCUT2D eigenvalue weighted by Gasteiger charge is 2.26. The van der Waals surface area contributed by atoms with Crippen molar-refractivity contribution in [3.8, 4) is 0 Å². The molecule has 2 N–H and O–H groups in total. The predicted molar refractivity (Wildman–Crippen MR) is 84.6 cm³/mol. The third-order valence-corrected chi connectivity index (χ3v) is 3.95. The molecule has 0 aliphatic heterocycles. The van der Waals surface area contributed by atoms with Crippen LogP contribution >= 0.6 is 0 Å². The van der Waals surface area contributed by atoms with E-state index in [2.05, 4.69) is 29.5 Å². The maximum Gasteiger partial charge on any atom is 0.311 e. The highest BCUT2D eigenvalue weighted by Crippen LogP contribution is 2.32. The molecule has 116 valence electrons. The molecule has 21 heavy (non-hydrogen) atoms. The molecule has 0 aromatic carbocycles. The van der Waals surface area contributed by atoms with Crippen molar-refractivity contribution < 1.29 is 4.92 Å². The maximum atomic E-state index is 11.2. The van der Waals surface area contributed by atoms with Gasteiger partial charge in [-0.1, -0.05) is 13.8 Å². The van der Waals surface area contributed by atoms with Crippen molar-refractivity contribution >= 4 is 17.3 Å². The molecule has 6 heteroatoms. The third kappa shape index (κ3) is 4.06. The lowest BCUT2D eigenvalue weighted by Crippen LogP contribution is -2.30. The summed E-state index contributed by atoms with van der Waals surface area (Å²) in [4.78, 5) is 15.2. The number of aromatic nitrogens is 1. The average molecular weight is 292 g/mol. The average Bonchev–Trinajstić information content (AvgIpc) is 2.37. The monoisotopic (exact) mass is 292 g/mol. The minimum absolute atomic E-state index is 0.0440. The van der Waals surface area contributed by atoms with Gasteiger partial charge in [0.05, 0.1) is 4.92 Å². The largest absolute Gasteiger partial charge is 0.370 e. The number of nitrogens with zero attached hydrogens (tertiary/aromatic N) is 2. The molecule has 1 aliphatic carbocycles. The summed E-state index contributed by atoms with van der Waals surface area (Å²) in [6.45, 7) is 7.19. The second kappa shape index (κ2) is 6.74. The fourth-order valence-corrected chi connectivity index (χ4v) is 3.24. The Kier molecular flexibility index (Phi) is 4.98. The first-order valence-corrected chi connectivity index (χ1v) is 7.65. The number of hydrogen-bond acceptors (Lipinski definition) is 5. The standard InChI is InChI=1S/C15H24N4O2/c1-4-16-14-6-5-13(19(20)21)15(18-14)17-12-8-10(2)7-11(3)9-12/h5-6,10-12H,4,7-9H2,1-3H3,(H2,16,17,18). The lowest BCUT2D eigenvalue weighted by Gasteiger charge is -2.32. The van der Waals surface area contributed by atoms with Crippen LogP contribution in [-0.4, -0.2) is 22.5 Å². The quantitative estimate of drug-likeness (QED) is 0.639. The molecule has 0 bridgehead atoms. The van der Waals surface area contributed by atoms with Crippen LogP contribution in [0.4, 0.5) is 17.3 Å². The minimum atomic E-state index is -0.374. The maximum absolute atomic E-state index is 11.2. The van der Waals surface area contributed by atoms with E-state index in [1.807, 2.05) is 6.92 Å². The van der Waals surface area contributed by atoms with Gasteiger partial charge in [-0.25, -0.2) is 4.98 Å². The molecule has 1 aliphatic rings. The Morgan fingerprint density at radius 2 is 1.95 bits per heavy atom. The summed E-state index contributed by atoms with van der Waals surface area (Å²) < 4.78 is 0. The van der Waals surface area contributed by atoms with Crippen molar-refractivity contribution in [3.63, 3.8) is 0 Å². The van der Waals surface area contributed by atoms with Gasteiger partial charge in [0.2, 0.25) is 5.82 Å². The van der Waals surface area contributed by atoms with Gasteiger partial charge in [-0.05, 0) is 44.1 Å². The van der Waals surface area contributed by atoms with Gasteiger partial charge in [-0.15, -0.1) is 0 Å². The van der Waals surface area contributed by atoms with Crippen molar-refractivity contribution in [1.82, 2.24) is 4.98 Å². The molecular weight excluding hydrogens is 268 g/mol. The zero-order valence-corrected chi connectivity index (χ0v) is 12.9. The van der Waals surface area contributed by atoms with Crippen LogP contribution in [0.15, 0.2) is 12.1 Å². The molecule has 2 rings (SSSR count). The lowest BCUT2D eigenvalue weighted by molar-refractivity contribution is -0.384. The normalized spacial score (nSPS) is 25.4. The lowest BCUT2D eigenvalue weighted by atomic mass is 9.80. The van der Waals surface area contributed by atoms with E-state index >= 15 is 0 Å². The van der Waals surface area contributed by atoms with E-state index in [4.69, 9.17) is 0 Å². The molecule has 0 amide bonds. The van der Waals surface area contributed by atoms with Gasteiger partial charge in [-0.2, -0.15) is 0 Å². The van der Waals surface area contributed by atoms with Gasteiger partial charge in [0.25, 0.3) is 0 Å². The fourth-order valence-electron chi connectivity index (χ4n) is 3.24. The predicted octanol–water partition coefficient (Wildman–Crippen LogP) is 3.66. The highest BCUT2D eigenvalue weighted by atomic mass is 16.6. The SMILES string of the molecule is CCNc1ccc([N+](=O)[O-])c(NC2CC(C)CC(C)C2)n1. The van der Waals surface area contributed by atoms with Gasteiger partial charge < -0.3 is 10.6 Å². The Morgan fingerprint density at radius 1 is 1.29 bits per heavy atom. The molecule has 1 heterocycles. The van der Waals surface area contributed by atoms with E-state index in [-0.39, 0.29) is 16.7 Å². The second-order valence-electron chi connectivity index (χ2n) is 6.11. The second-order valence-corrected chi connectivity index (χ2v) is 6.11. The van der Waals surface area contributed by atoms with Crippen molar-refractivity contribution in [2.24, 2.45) is 11.8 Å². The van der Waals surface area contributed by atoms with Gasteiger partial charge in [0.15, 0.2) is 0 Å². The van der Waals surface area contributed by atoms with Crippen LogP contribution in [0.5, 0.6) is 0 Å². The first kappa shape index (κ1) is 15.5. The smallest absolute Gasteiger partial charge is 0.311 e. The molecule has 2 atom stereocenters. The van der Waals surface area contributed by atoms with Gasteiger partial charge in [0, 0.05) is 18.7 Å². The minimum Gasteiger partial charge on any atom is -0.370 e. The number of hydrogen-bond donors (Lipinski definition) is 2. The molecule has 1 saturated carbocycles. The van der Waals surface area contributed by atoms with Crippen molar-refractivity contribution in [2.45, 2.75) is 46.1 Å². The number of nitrogens with one attached hydrogen (secondary N) is 2. The Labute approximate surface area is 125 Å². The van der Waals surface area contributed by atoms with Crippen molar-refractivity contribution in [2.75, 3.05) is 17.2 Å². The molecule has 6 nitrogen and oxygen atoms in total. The first-order chi connectivity index (χ1) is 9.99. The Morgan fingerprint density at radius 3 is 2.52 bits per heavy atom. The van der Waals surface area contributed by atoms with E-state index in [9.17, 15) is 10.1 Å². The van der Waals surface area contributed by atoms with Crippen LogP contribution in [-0.2, 0) is 0 Å². The summed E-state index contributed by atoms with van der Waals surface area (Å²) in [5.41, 5.74) is 0.0440. The van der Waals surface area contributed by atoms with Crippen LogP contribution in [0.3, 0.4) is 0 Å². The van der Waals surface area contributed by atoms with E-state index in [1.165, 1.54) is 12.5 Å². The summed E-state index contributed by atoms with van der Waals surface area (Å²) in [5, 5.41) is 17.6.